The summed E-state index contributed by atoms with van der Waals surface area (Å²) in [4.78, 5) is 11.3. The van der Waals surface area contributed by atoms with Crippen LogP contribution in [0.4, 0.5) is 0 Å². The van der Waals surface area contributed by atoms with Gasteiger partial charge in [-0.3, -0.25) is 4.79 Å². The van der Waals surface area contributed by atoms with E-state index in [0.29, 0.717) is 0 Å². The molecule has 0 aromatic heterocycles. The Hall–Kier alpha value is -1.31. The Morgan fingerprint density at radius 3 is 3.08 bits per heavy atom. The SMILES string of the molecule is Cc1ccc2c(c1)CCNC2=O. The molecule has 2 nitrogen and oxygen atoms in total. The van der Waals surface area contributed by atoms with E-state index in [1.165, 1.54) is 11.1 Å². The minimum Gasteiger partial charge on any atom is -0.352 e. The van der Waals surface area contributed by atoms with E-state index in [9.17, 15) is 4.79 Å². The monoisotopic (exact) mass is 161 g/mol. The topological polar surface area (TPSA) is 29.1 Å². The van der Waals surface area contributed by atoms with Crippen LogP contribution in [0.3, 0.4) is 0 Å². The third-order valence-electron chi connectivity index (χ3n) is 2.19. The van der Waals surface area contributed by atoms with Gasteiger partial charge in [-0.1, -0.05) is 17.7 Å². The highest BCUT2D eigenvalue weighted by Gasteiger charge is 2.15. The molecule has 0 saturated heterocycles. The lowest BCUT2D eigenvalue weighted by Crippen LogP contribution is -2.31. The maximum Gasteiger partial charge on any atom is 0.251 e. The van der Waals surface area contributed by atoms with Gasteiger partial charge in [0.05, 0.1) is 0 Å². The number of aryl methyl sites for hydroxylation is 1. The third kappa shape index (κ3) is 1.09. The van der Waals surface area contributed by atoms with Gasteiger partial charge in [0.15, 0.2) is 0 Å². The number of hydrogen-bond donors (Lipinski definition) is 1. The lowest BCUT2D eigenvalue weighted by molar-refractivity contribution is 0.0946. The van der Waals surface area contributed by atoms with E-state index < -0.39 is 0 Å². The van der Waals surface area contributed by atoms with Gasteiger partial charge in [0.25, 0.3) is 5.91 Å². The lowest BCUT2D eigenvalue weighted by atomic mass is 9.98. The van der Waals surface area contributed by atoms with E-state index in [-0.39, 0.29) is 5.91 Å². The Kier molecular flexibility index (Phi) is 1.61. The van der Waals surface area contributed by atoms with Gasteiger partial charge in [-0.15, -0.1) is 0 Å². The molecule has 0 fully saturated rings. The Balaban J connectivity index is 2.53. The lowest BCUT2D eigenvalue weighted by Gasteiger charge is -2.16. The van der Waals surface area contributed by atoms with Crippen molar-refractivity contribution < 1.29 is 4.79 Å². The molecule has 0 radical (unpaired) electrons. The number of carbonyl (C=O) groups is 1. The summed E-state index contributed by atoms with van der Waals surface area (Å²) in [7, 11) is 0. The molecule has 0 atom stereocenters. The van der Waals surface area contributed by atoms with Crippen molar-refractivity contribution in [2.45, 2.75) is 13.3 Å². The summed E-state index contributed by atoms with van der Waals surface area (Å²) in [6, 6.07) is 5.97. The van der Waals surface area contributed by atoms with E-state index >= 15 is 0 Å². The van der Waals surface area contributed by atoms with Crippen LogP contribution in [-0.2, 0) is 6.42 Å². The molecule has 12 heavy (non-hydrogen) atoms. The zero-order chi connectivity index (χ0) is 8.55. The molecule has 0 unspecified atom stereocenters. The molecule has 62 valence electrons. The van der Waals surface area contributed by atoms with Crippen LogP contribution >= 0.6 is 0 Å². The third-order valence-corrected chi connectivity index (χ3v) is 2.19. The van der Waals surface area contributed by atoms with Crippen LogP contribution in [0.5, 0.6) is 0 Å². The molecule has 2 heteroatoms. The van der Waals surface area contributed by atoms with Gasteiger partial charge in [-0.25, -0.2) is 0 Å². The first-order chi connectivity index (χ1) is 5.77. The van der Waals surface area contributed by atoms with Gasteiger partial charge in [-0.2, -0.15) is 0 Å². The number of hydrogen-bond acceptors (Lipinski definition) is 1. The molecular formula is C10H11NO. The Morgan fingerprint density at radius 2 is 2.25 bits per heavy atom. The van der Waals surface area contributed by atoms with Crippen molar-refractivity contribution in [2.24, 2.45) is 0 Å². The predicted molar refractivity (Wildman–Crippen MR) is 47.2 cm³/mol. The average molecular weight is 161 g/mol. The molecule has 1 heterocycles. The Labute approximate surface area is 71.6 Å². The summed E-state index contributed by atoms with van der Waals surface area (Å²) in [5.74, 6) is 0.0660. The van der Waals surface area contributed by atoms with Gasteiger partial charge in [0.2, 0.25) is 0 Å². The fourth-order valence-corrected chi connectivity index (χ4v) is 1.56. The number of carbonyl (C=O) groups excluding carboxylic acids is 1. The maximum atomic E-state index is 11.3. The van der Waals surface area contributed by atoms with E-state index in [4.69, 9.17) is 0 Å². The molecule has 1 aromatic carbocycles. The number of fused-ring (bicyclic) bond motifs is 1. The number of nitrogens with one attached hydrogen (secondary N) is 1. The molecule has 0 aliphatic carbocycles. The quantitative estimate of drug-likeness (QED) is 0.610. The summed E-state index contributed by atoms with van der Waals surface area (Å²) < 4.78 is 0. The van der Waals surface area contributed by atoms with Gasteiger partial charge < -0.3 is 5.32 Å². The second-order valence-corrected chi connectivity index (χ2v) is 3.17. The molecule has 1 aliphatic heterocycles. The van der Waals surface area contributed by atoms with Gasteiger partial charge in [0, 0.05) is 12.1 Å². The minimum absolute atomic E-state index is 0.0660. The predicted octanol–water partition coefficient (Wildman–Crippen LogP) is 1.28. The second kappa shape index (κ2) is 2.63. The first kappa shape index (κ1) is 7.35. The molecular weight excluding hydrogens is 150 g/mol. The molecule has 1 amide bonds. The van der Waals surface area contributed by atoms with E-state index in [1.807, 2.05) is 19.1 Å². The smallest absolute Gasteiger partial charge is 0.251 e. The minimum atomic E-state index is 0.0660. The molecule has 1 N–H and O–H groups in total. The van der Waals surface area contributed by atoms with Crippen LogP contribution in [-0.4, -0.2) is 12.5 Å². The summed E-state index contributed by atoms with van der Waals surface area (Å²) in [6.07, 6.45) is 0.961. The van der Waals surface area contributed by atoms with E-state index in [1.54, 1.807) is 0 Å². The van der Waals surface area contributed by atoms with Crippen molar-refractivity contribution in [3.05, 3.63) is 34.9 Å². The number of amides is 1. The van der Waals surface area contributed by atoms with Crippen LogP contribution in [0.15, 0.2) is 18.2 Å². The van der Waals surface area contributed by atoms with Gasteiger partial charge in [-0.05, 0) is 25.0 Å². The summed E-state index contributed by atoms with van der Waals surface area (Å²) in [5.41, 5.74) is 3.24. The Bertz CT molecular complexity index is 331. The first-order valence-electron chi connectivity index (χ1n) is 4.15. The van der Waals surface area contributed by atoms with Crippen molar-refractivity contribution >= 4 is 5.91 Å². The molecule has 0 spiro atoms. The Morgan fingerprint density at radius 1 is 1.42 bits per heavy atom. The first-order valence-corrected chi connectivity index (χ1v) is 4.15. The average Bonchev–Trinajstić information content (AvgIpc) is 2.04. The fraction of sp³-hybridized carbons (Fsp3) is 0.300. The van der Waals surface area contributed by atoms with Crippen molar-refractivity contribution in [1.29, 1.82) is 0 Å². The maximum absolute atomic E-state index is 11.3. The van der Waals surface area contributed by atoms with Crippen molar-refractivity contribution in [2.75, 3.05) is 6.54 Å². The van der Waals surface area contributed by atoms with E-state index in [0.717, 1.165) is 18.5 Å². The van der Waals surface area contributed by atoms with Gasteiger partial charge in [0.1, 0.15) is 0 Å². The van der Waals surface area contributed by atoms with Crippen LogP contribution < -0.4 is 5.32 Å². The number of rotatable bonds is 0. The standard InChI is InChI=1S/C10H11NO/c1-7-2-3-9-8(6-7)4-5-11-10(9)12/h2-3,6H,4-5H2,1H3,(H,11,12). The molecule has 1 aromatic rings. The second-order valence-electron chi connectivity index (χ2n) is 3.17. The zero-order valence-corrected chi connectivity index (χ0v) is 7.05. The zero-order valence-electron chi connectivity index (χ0n) is 7.05. The molecule has 0 bridgehead atoms. The summed E-state index contributed by atoms with van der Waals surface area (Å²) in [5, 5.41) is 2.82. The van der Waals surface area contributed by atoms with Gasteiger partial charge >= 0.3 is 0 Å². The van der Waals surface area contributed by atoms with Crippen molar-refractivity contribution in [1.82, 2.24) is 5.32 Å². The largest absolute Gasteiger partial charge is 0.352 e. The van der Waals surface area contributed by atoms with E-state index in [2.05, 4.69) is 11.4 Å². The summed E-state index contributed by atoms with van der Waals surface area (Å²) >= 11 is 0. The normalized spacial score (nSPS) is 15.2. The highest BCUT2D eigenvalue weighted by molar-refractivity contribution is 5.96. The molecule has 1 aliphatic rings. The molecule has 0 saturated carbocycles. The summed E-state index contributed by atoms with van der Waals surface area (Å²) in [6.45, 7) is 2.82. The highest BCUT2D eigenvalue weighted by Crippen LogP contribution is 2.14. The fourth-order valence-electron chi connectivity index (χ4n) is 1.56. The molecule has 2 rings (SSSR count). The van der Waals surface area contributed by atoms with Crippen LogP contribution in [0.25, 0.3) is 0 Å². The van der Waals surface area contributed by atoms with Crippen LogP contribution in [0.2, 0.25) is 0 Å². The van der Waals surface area contributed by atoms with Crippen molar-refractivity contribution in [3.8, 4) is 0 Å². The van der Waals surface area contributed by atoms with Crippen LogP contribution in [0.1, 0.15) is 21.5 Å². The van der Waals surface area contributed by atoms with Crippen molar-refractivity contribution in [3.63, 3.8) is 0 Å². The highest BCUT2D eigenvalue weighted by atomic mass is 16.1. The van der Waals surface area contributed by atoms with Crippen LogP contribution in [0, 0.1) is 6.92 Å². The number of benzene rings is 1.